The third-order valence-corrected chi connectivity index (χ3v) is 2.31. The summed E-state index contributed by atoms with van der Waals surface area (Å²) in [7, 11) is 2.12. The molecule has 0 atom stereocenters. The number of nitrogens with zero attached hydrogens (tertiary/aromatic N) is 2. The van der Waals surface area contributed by atoms with Crippen LogP contribution in [0.5, 0.6) is 0 Å². The second-order valence-electron chi connectivity index (χ2n) is 2.57. The molecular weight excluding hydrogens is 187 g/mol. The maximum absolute atomic E-state index is 4.93. The zero-order valence-corrected chi connectivity index (χ0v) is 10.8. The fraction of sp³-hybridized carbons (Fsp3) is 0.833. The summed E-state index contributed by atoms with van der Waals surface area (Å²) in [5.41, 5.74) is 0. The first-order valence-electron chi connectivity index (χ1n) is 3.36. The molecule has 1 radical (unpaired) electrons. The van der Waals surface area contributed by atoms with Gasteiger partial charge < -0.3 is 9.80 Å². The van der Waals surface area contributed by atoms with Gasteiger partial charge in [-0.15, -0.1) is 12.6 Å². The average Bonchev–Trinajstić information content (AvgIpc) is 1.88. The topological polar surface area (TPSA) is 6.48 Å². The Kier molecular flexibility index (Phi) is 6.41. The van der Waals surface area contributed by atoms with Gasteiger partial charge in [0.05, 0.1) is 0 Å². The minimum Gasteiger partial charge on any atom is -0.355 e. The summed E-state index contributed by atoms with van der Waals surface area (Å²) in [4.78, 5) is 4.42. The molecule has 0 amide bonds. The molecule has 1 heterocycles. The van der Waals surface area contributed by atoms with Crippen LogP contribution in [0.2, 0.25) is 0 Å². The SMILES string of the molecule is CN1CCN(C(=S)S)CC1.[Na]. The van der Waals surface area contributed by atoms with Crippen molar-refractivity contribution < 1.29 is 0 Å². The Labute approximate surface area is 101 Å². The van der Waals surface area contributed by atoms with Crippen LogP contribution in [0.25, 0.3) is 0 Å². The van der Waals surface area contributed by atoms with E-state index in [-0.39, 0.29) is 29.6 Å². The molecule has 0 bridgehead atoms. The zero-order valence-electron chi connectivity index (χ0n) is 7.08. The molecule has 0 spiro atoms. The van der Waals surface area contributed by atoms with Gasteiger partial charge in [-0.2, -0.15) is 0 Å². The summed E-state index contributed by atoms with van der Waals surface area (Å²) < 4.78 is 0.730. The van der Waals surface area contributed by atoms with Crippen LogP contribution in [0.4, 0.5) is 0 Å². The van der Waals surface area contributed by atoms with Gasteiger partial charge >= 0.3 is 0 Å². The molecule has 0 aliphatic carbocycles. The van der Waals surface area contributed by atoms with Crippen molar-refractivity contribution in [2.75, 3.05) is 33.2 Å². The Hall–Kier alpha value is 1.20. The van der Waals surface area contributed by atoms with Gasteiger partial charge in [0.1, 0.15) is 4.32 Å². The predicted molar refractivity (Wildman–Crippen MR) is 56.4 cm³/mol. The van der Waals surface area contributed by atoms with Crippen molar-refractivity contribution in [3.8, 4) is 0 Å². The Morgan fingerprint density at radius 3 is 2.09 bits per heavy atom. The van der Waals surface area contributed by atoms with Gasteiger partial charge in [-0.3, -0.25) is 0 Å². The van der Waals surface area contributed by atoms with E-state index in [0.29, 0.717) is 0 Å². The average molecular weight is 199 g/mol. The largest absolute Gasteiger partial charge is 0.355 e. The van der Waals surface area contributed by atoms with Crippen LogP contribution in [0.15, 0.2) is 0 Å². The summed E-state index contributed by atoms with van der Waals surface area (Å²) in [6.07, 6.45) is 0. The smallest absolute Gasteiger partial charge is 0.133 e. The standard InChI is InChI=1S/C6H12N2S2.Na/c1-7-2-4-8(5-3-7)6(9)10;/h2-5H2,1H3,(H,9,10);. The molecule has 1 aliphatic rings. The van der Waals surface area contributed by atoms with Crippen LogP contribution in [0.1, 0.15) is 0 Å². The summed E-state index contributed by atoms with van der Waals surface area (Å²) in [5, 5.41) is 0. The number of hydrogen-bond acceptors (Lipinski definition) is 2. The predicted octanol–water partition coefficient (Wildman–Crippen LogP) is 0.0677. The Balaban J connectivity index is 0.000001000. The van der Waals surface area contributed by atoms with Crippen LogP contribution in [-0.2, 0) is 0 Å². The van der Waals surface area contributed by atoms with Gasteiger partial charge in [-0.25, -0.2) is 0 Å². The molecule has 0 saturated carbocycles. The van der Waals surface area contributed by atoms with Crippen LogP contribution >= 0.6 is 24.8 Å². The normalized spacial score (nSPS) is 19.3. The van der Waals surface area contributed by atoms with Crippen LogP contribution in [0.3, 0.4) is 0 Å². The van der Waals surface area contributed by atoms with Crippen molar-refractivity contribution in [2.45, 2.75) is 0 Å². The molecule has 0 N–H and O–H groups in total. The van der Waals surface area contributed by atoms with E-state index in [1.807, 2.05) is 0 Å². The first-order valence-corrected chi connectivity index (χ1v) is 4.22. The minimum absolute atomic E-state index is 0. The number of rotatable bonds is 0. The number of thiocarbonyl (C=S) groups is 1. The van der Waals surface area contributed by atoms with Gasteiger partial charge in [0.25, 0.3) is 0 Å². The molecule has 59 valence electrons. The Morgan fingerprint density at radius 2 is 1.73 bits per heavy atom. The van der Waals surface area contributed by atoms with Gasteiger partial charge in [-0.05, 0) is 7.05 Å². The molecule has 1 saturated heterocycles. The number of likely N-dealkylation sites (N-methyl/N-ethyl adjacent to an activating group) is 1. The van der Waals surface area contributed by atoms with Gasteiger partial charge in [0.15, 0.2) is 0 Å². The van der Waals surface area contributed by atoms with E-state index in [4.69, 9.17) is 12.2 Å². The van der Waals surface area contributed by atoms with E-state index in [9.17, 15) is 0 Å². The van der Waals surface area contributed by atoms with E-state index in [0.717, 1.165) is 30.5 Å². The third kappa shape index (κ3) is 4.10. The maximum Gasteiger partial charge on any atom is 0.133 e. The summed E-state index contributed by atoms with van der Waals surface area (Å²) in [6.45, 7) is 4.25. The molecule has 1 rings (SSSR count). The summed E-state index contributed by atoms with van der Waals surface area (Å²) >= 11 is 9.04. The van der Waals surface area contributed by atoms with Crippen LogP contribution < -0.4 is 0 Å². The first-order chi connectivity index (χ1) is 4.70. The van der Waals surface area contributed by atoms with Crippen molar-refractivity contribution in [1.82, 2.24) is 9.80 Å². The second-order valence-corrected chi connectivity index (χ2v) is 3.69. The van der Waals surface area contributed by atoms with E-state index in [2.05, 4.69) is 29.5 Å². The van der Waals surface area contributed by atoms with Crippen molar-refractivity contribution in [3.05, 3.63) is 0 Å². The minimum atomic E-state index is 0. The molecule has 11 heavy (non-hydrogen) atoms. The van der Waals surface area contributed by atoms with E-state index >= 15 is 0 Å². The summed E-state index contributed by atoms with van der Waals surface area (Å²) in [6, 6.07) is 0. The molecule has 2 nitrogen and oxygen atoms in total. The van der Waals surface area contributed by atoms with Gasteiger partial charge in [0.2, 0.25) is 0 Å². The molecular formula is C6H12N2NaS2. The van der Waals surface area contributed by atoms with Crippen molar-refractivity contribution in [3.63, 3.8) is 0 Å². The number of piperazine rings is 1. The molecule has 0 aromatic carbocycles. The van der Waals surface area contributed by atoms with E-state index in [1.165, 1.54) is 0 Å². The van der Waals surface area contributed by atoms with Crippen LogP contribution in [-0.4, -0.2) is 76.9 Å². The molecule has 0 aromatic heterocycles. The monoisotopic (exact) mass is 199 g/mol. The molecule has 5 heteroatoms. The number of hydrogen-bond donors (Lipinski definition) is 1. The fourth-order valence-corrected chi connectivity index (χ4v) is 1.38. The van der Waals surface area contributed by atoms with Crippen molar-refractivity contribution >= 4 is 58.7 Å². The zero-order chi connectivity index (χ0) is 7.56. The molecule has 0 aromatic rings. The Bertz CT molecular complexity index is 135. The van der Waals surface area contributed by atoms with Crippen molar-refractivity contribution in [2.24, 2.45) is 0 Å². The first kappa shape index (κ1) is 12.2. The van der Waals surface area contributed by atoms with Gasteiger partial charge in [-0.1, -0.05) is 12.2 Å². The quantitative estimate of drug-likeness (QED) is 0.335. The van der Waals surface area contributed by atoms with Crippen molar-refractivity contribution in [1.29, 1.82) is 0 Å². The second kappa shape index (κ2) is 5.78. The fourth-order valence-electron chi connectivity index (χ4n) is 0.998. The third-order valence-electron chi connectivity index (χ3n) is 1.77. The summed E-state index contributed by atoms with van der Waals surface area (Å²) in [5.74, 6) is 0. The van der Waals surface area contributed by atoms with Crippen LogP contribution in [0, 0.1) is 0 Å². The molecule has 0 unspecified atom stereocenters. The maximum atomic E-state index is 4.93. The van der Waals surface area contributed by atoms with E-state index < -0.39 is 0 Å². The molecule has 1 aliphatic heterocycles. The van der Waals surface area contributed by atoms with E-state index in [1.54, 1.807) is 0 Å². The molecule has 1 fully saturated rings. The number of thiol groups is 1. The Morgan fingerprint density at radius 1 is 1.27 bits per heavy atom. The van der Waals surface area contributed by atoms with Gasteiger partial charge in [0, 0.05) is 55.7 Å².